The highest BCUT2D eigenvalue weighted by Crippen LogP contribution is 2.43. The van der Waals surface area contributed by atoms with Crippen LogP contribution >= 0.6 is 11.3 Å². The van der Waals surface area contributed by atoms with Gasteiger partial charge < -0.3 is 0 Å². The lowest BCUT2D eigenvalue weighted by atomic mass is 9.86. The van der Waals surface area contributed by atoms with E-state index in [0.717, 1.165) is 28.0 Å². The summed E-state index contributed by atoms with van der Waals surface area (Å²) < 4.78 is 3.44. The van der Waals surface area contributed by atoms with Crippen LogP contribution in [0.2, 0.25) is 0 Å². The van der Waals surface area contributed by atoms with Gasteiger partial charge >= 0.3 is 0 Å². The van der Waals surface area contributed by atoms with E-state index in [1.54, 1.807) is 0 Å². The van der Waals surface area contributed by atoms with Crippen molar-refractivity contribution in [2.24, 2.45) is 4.99 Å². The van der Waals surface area contributed by atoms with E-state index >= 15 is 0 Å². The third-order valence-electron chi connectivity index (χ3n) is 8.76. The fourth-order valence-corrected chi connectivity index (χ4v) is 7.75. The van der Waals surface area contributed by atoms with Gasteiger partial charge in [-0.2, -0.15) is 0 Å². The lowest BCUT2D eigenvalue weighted by Crippen LogP contribution is -2.05. The minimum Gasteiger partial charge on any atom is -0.299 e. The molecule has 1 aliphatic rings. The van der Waals surface area contributed by atoms with E-state index in [1.165, 1.54) is 53.9 Å². The molecule has 0 saturated carbocycles. The van der Waals surface area contributed by atoms with Crippen LogP contribution in [0.15, 0.2) is 157 Å². The number of hydrogen-bond donors (Lipinski definition) is 0. The van der Waals surface area contributed by atoms with Crippen LogP contribution in [0.1, 0.15) is 16.0 Å². The molecule has 9 rings (SSSR count). The number of benzene rings is 6. The number of thiophene rings is 1. The molecule has 0 N–H and O–H groups in total. The molecule has 0 bridgehead atoms. The Morgan fingerprint density at radius 1 is 0.556 bits per heavy atom. The van der Waals surface area contributed by atoms with Gasteiger partial charge in [-0.15, -0.1) is 11.3 Å². The van der Waals surface area contributed by atoms with Gasteiger partial charge in [-0.25, -0.2) is 4.98 Å². The third-order valence-corrected chi connectivity index (χ3v) is 9.92. The van der Waals surface area contributed by atoms with E-state index in [1.807, 2.05) is 23.7 Å². The molecule has 212 valence electrons. The number of nitrogens with zero attached hydrogens (tertiary/aromatic N) is 3. The zero-order valence-corrected chi connectivity index (χ0v) is 25.2. The summed E-state index contributed by atoms with van der Waals surface area (Å²) in [5.41, 5.74) is 13.9. The lowest BCUT2D eigenvalue weighted by molar-refractivity contribution is 1.09. The molecular formula is C41H27N3S. The van der Waals surface area contributed by atoms with Gasteiger partial charge in [0.15, 0.2) is 0 Å². The molecular weight excluding hydrogens is 567 g/mol. The van der Waals surface area contributed by atoms with Crippen molar-refractivity contribution >= 4 is 38.2 Å². The fraction of sp³-hybridized carbons (Fsp3) is 0.0244. The zero-order valence-electron chi connectivity index (χ0n) is 24.4. The van der Waals surface area contributed by atoms with Crippen molar-refractivity contribution in [2.75, 3.05) is 0 Å². The van der Waals surface area contributed by atoms with Crippen molar-refractivity contribution in [3.63, 3.8) is 0 Å². The molecule has 0 radical (unpaired) electrons. The van der Waals surface area contributed by atoms with Gasteiger partial charge in [-0.1, -0.05) is 109 Å². The summed E-state index contributed by atoms with van der Waals surface area (Å²) in [6, 6.07) is 51.9. The van der Waals surface area contributed by atoms with Crippen molar-refractivity contribution in [1.29, 1.82) is 0 Å². The number of aromatic nitrogens is 2. The standard InChI is InChI=1S/C41H27N3S/c1-4-11-27(12-5-1)32-17-10-18-33(28-13-6-2-7-14-28)39(32)41-40-34-23-29(20-22-37(34)45-38(40)25-42-41)30-19-21-36-35(24-30)43-26-44(36)31-15-8-3-9-16-31/h1-24,26H,25H2. The number of fused-ring (bicyclic) bond motifs is 4. The first-order chi connectivity index (χ1) is 22.3. The van der Waals surface area contributed by atoms with Crippen molar-refractivity contribution in [3.8, 4) is 39.1 Å². The predicted molar refractivity (Wildman–Crippen MR) is 189 cm³/mol. The Balaban J connectivity index is 1.19. The molecule has 0 aliphatic carbocycles. The second-order valence-corrected chi connectivity index (χ2v) is 12.5. The normalized spacial score (nSPS) is 12.5. The van der Waals surface area contributed by atoms with Crippen LogP contribution in [0.4, 0.5) is 0 Å². The summed E-state index contributed by atoms with van der Waals surface area (Å²) in [5.74, 6) is 0. The predicted octanol–water partition coefficient (Wildman–Crippen LogP) is 10.6. The summed E-state index contributed by atoms with van der Waals surface area (Å²) >= 11 is 1.87. The lowest BCUT2D eigenvalue weighted by Gasteiger charge is -2.17. The molecule has 1 aliphatic heterocycles. The Labute approximate surface area is 265 Å². The zero-order chi connectivity index (χ0) is 29.7. The van der Waals surface area contributed by atoms with Gasteiger partial charge in [0.05, 0.1) is 23.3 Å². The second kappa shape index (κ2) is 10.5. The number of aliphatic imine (C=N–C) groups is 1. The molecule has 0 saturated heterocycles. The summed E-state index contributed by atoms with van der Waals surface area (Å²) in [5, 5.41) is 1.26. The average molecular weight is 594 g/mol. The summed E-state index contributed by atoms with van der Waals surface area (Å²) in [4.78, 5) is 11.3. The maximum Gasteiger partial charge on any atom is 0.100 e. The Kier molecular flexibility index (Phi) is 6.06. The number of rotatable bonds is 5. The molecule has 6 aromatic carbocycles. The van der Waals surface area contributed by atoms with E-state index in [0.29, 0.717) is 6.54 Å². The number of para-hydroxylation sites is 1. The summed E-state index contributed by atoms with van der Waals surface area (Å²) in [6.07, 6.45) is 1.91. The van der Waals surface area contributed by atoms with E-state index in [9.17, 15) is 0 Å². The Morgan fingerprint density at radius 2 is 1.20 bits per heavy atom. The van der Waals surface area contributed by atoms with Crippen molar-refractivity contribution in [1.82, 2.24) is 9.55 Å². The average Bonchev–Trinajstić information content (AvgIpc) is 3.82. The van der Waals surface area contributed by atoms with Gasteiger partial charge in [0, 0.05) is 31.8 Å². The second-order valence-electron chi connectivity index (χ2n) is 11.4. The van der Waals surface area contributed by atoms with Crippen LogP contribution in [-0.2, 0) is 6.54 Å². The number of imidazole rings is 1. The molecule has 8 aromatic rings. The highest BCUT2D eigenvalue weighted by atomic mass is 32.1. The molecule has 3 nitrogen and oxygen atoms in total. The number of hydrogen-bond acceptors (Lipinski definition) is 3. The van der Waals surface area contributed by atoms with Crippen molar-refractivity contribution < 1.29 is 0 Å². The van der Waals surface area contributed by atoms with E-state index < -0.39 is 0 Å². The highest BCUT2D eigenvalue weighted by molar-refractivity contribution is 7.19. The van der Waals surface area contributed by atoms with Crippen LogP contribution in [0, 0.1) is 0 Å². The van der Waals surface area contributed by atoms with Crippen molar-refractivity contribution in [3.05, 3.63) is 168 Å². The quantitative estimate of drug-likeness (QED) is 0.195. The van der Waals surface area contributed by atoms with Crippen LogP contribution in [-0.4, -0.2) is 15.3 Å². The molecule has 3 heterocycles. The monoisotopic (exact) mass is 593 g/mol. The minimum absolute atomic E-state index is 0.708. The maximum absolute atomic E-state index is 5.25. The third kappa shape index (κ3) is 4.34. The maximum atomic E-state index is 5.25. The smallest absolute Gasteiger partial charge is 0.100 e. The minimum atomic E-state index is 0.708. The first kappa shape index (κ1) is 25.9. The molecule has 0 amide bonds. The molecule has 0 fully saturated rings. The summed E-state index contributed by atoms with van der Waals surface area (Å²) in [7, 11) is 0. The van der Waals surface area contributed by atoms with Gasteiger partial charge in [0.25, 0.3) is 0 Å². The van der Waals surface area contributed by atoms with Gasteiger partial charge in [-0.05, 0) is 69.8 Å². The molecule has 2 aromatic heterocycles. The molecule has 0 spiro atoms. The Bertz CT molecular complexity index is 2330. The van der Waals surface area contributed by atoms with Crippen LogP contribution in [0.3, 0.4) is 0 Å². The van der Waals surface area contributed by atoms with Gasteiger partial charge in [0.2, 0.25) is 0 Å². The highest BCUT2D eigenvalue weighted by Gasteiger charge is 2.27. The topological polar surface area (TPSA) is 30.2 Å². The van der Waals surface area contributed by atoms with E-state index in [4.69, 9.17) is 9.98 Å². The van der Waals surface area contributed by atoms with Crippen molar-refractivity contribution in [2.45, 2.75) is 6.54 Å². The van der Waals surface area contributed by atoms with E-state index in [2.05, 4.69) is 144 Å². The largest absolute Gasteiger partial charge is 0.299 e. The van der Waals surface area contributed by atoms with Gasteiger partial charge in [-0.3, -0.25) is 9.56 Å². The SMILES string of the molecule is c1ccc(-c2cccc(-c3ccccc3)c2C2=NCc3sc4ccc(-c5ccc6c(c5)ncn6-c5ccccc5)cc4c32)cc1. The van der Waals surface area contributed by atoms with Crippen LogP contribution in [0.5, 0.6) is 0 Å². The van der Waals surface area contributed by atoms with Crippen LogP contribution in [0.25, 0.3) is 60.2 Å². The molecule has 4 heteroatoms. The fourth-order valence-electron chi connectivity index (χ4n) is 6.64. The first-order valence-corrected chi connectivity index (χ1v) is 16.0. The van der Waals surface area contributed by atoms with E-state index in [-0.39, 0.29) is 0 Å². The Hall–Kier alpha value is -5.58. The van der Waals surface area contributed by atoms with Crippen LogP contribution < -0.4 is 0 Å². The summed E-state index contributed by atoms with van der Waals surface area (Å²) in [6.45, 7) is 0.708. The Morgan fingerprint density at radius 3 is 1.91 bits per heavy atom. The molecule has 0 atom stereocenters. The first-order valence-electron chi connectivity index (χ1n) is 15.2. The molecule has 45 heavy (non-hydrogen) atoms. The molecule has 0 unspecified atom stereocenters. The van der Waals surface area contributed by atoms with Gasteiger partial charge in [0.1, 0.15) is 6.33 Å².